The van der Waals surface area contributed by atoms with Crippen molar-refractivity contribution >= 4 is 27.9 Å². The average Bonchev–Trinajstić information content (AvgIpc) is 2.62. The summed E-state index contributed by atoms with van der Waals surface area (Å²) in [4.78, 5) is 24.3. The smallest absolute Gasteiger partial charge is 0.342 e. The van der Waals surface area contributed by atoms with Crippen molar-refractivity contribution in [1.29, 1.82) is 0 Å². The second kappa shape index (κ2) is 8.72. The van der Waals surface area contributed by atoms with Crippen molar-refractivity contribution in [3.8, 4) is 11.1 Å². The zero-order valence-electron chi connectivity index (χ0n) is 15.1. The molecule has 0 radical (unpaired) electrons. The number of halogens is 5. The molecule has 2 aromatic rings. The van der Waals surface area contributed by atoms with Gasteiger partial charge < -0.3 is 9.47 Å². The molecular weight excluding hydrogens is 448 g/mol. The van der Waals surface area contributed by atoms with Crippen LogP contribution in [0.5, 0.6) is 0 Å². The standard InChI is InChI=1S/C19H15BrF4O4/c1-4-27-18(25)13-12(9-7-10(21)8(3)6-11(9)22)16(23)14(15(20)17(13)24)19(26)28-5-2/h6-7H,4-5H2,1-3H3. The molecule has 0 unspecified atom stereocenters. The number of carbonyl (C=O) groups is 2. The molecular formula is C19H15BrF4O4. The first-order chi connectivity index (χ1) is 13.1. The number of benzene rings is 2. The molecule has 0 aliphatic heterocycles. The molecule has 0 N–H and O–H groups in total. The van der Waals surface area contributed by atoms with Crippen LogP contribution in [0, 0.1) is 30.2 Å². The van der Waals surface area contributed by atoms with Crippen LogP contribution < -0.4 is 0 Å². The molecule has 0 amide bonds. The van der Waals surface area contributed by atoms with Crippen LogP contribution in [-0.4, -0.2) is 25.2 Å². The molecule has 0 bridgehead atoms. The maximum atomic E-state index is 15.3. The predicted octanol–water partition coefficient (Wildman–Crippen LogP) is 5.33. The van der Waals surface area contributed by atoms with Gasteiger partial charge in [-0.2, -0.15) is 0 Å². The molecule has 0 saturated carbocycles. The van der Waals surface area contributed by atoms with E-state index < -0.39 is 61.9 Å². The fraction of sp³-hybridized carbons (Fsp3) is 0.263. The van der Waals surface area contributed by atoms with E-state index in [0.29, 0.717) is 6.07 Å². The number of carbonyl (C=O) groups excluding carboxylic acids is 2. The number of hydrogen-bond donors (Lipinski definition) is 0. The first-order valence-electron chi connectivity index (χ1n) is 8.16. The fourth-order valence-electron chi connectivity index (χ4n) is 2.53. The lowest BCUT2D eigenvalue weighted by atomic mass is 9.94. The fourth-order valence-corrected chi connectivity index (χ4v) is 3.06. The molecule has 0 aliphatic rings. The van der Waals surface area contributed by atoms with Crippen LogP contribution in [0.4, 0.5) is 17.6 Å². The Labute approximate surface area is 166 Å². The summed E-state index contributed by atoms with van der Waals surface area (Å²) in [5.41, 5.74) is -3.61. The minimum atomic E-state index is -1.45. The van der Waals surface area contributed by atoms with Gasteiger partial charge in [0.25, 0.3) is 0 Å². The SMILES string of the molecule is CCOC(=O)c1c(F)c(-c2cc(F)c(C)cc2F)c(C(=O)OCC)c(F)c1Br. The lowest BCUT2D eigenvalue weighted by molar-refractivity contribution is 0.0501. The summed E-state index contributed by atoms with van der Waals surface area (Å²) in [6.45, 7) is 3.83. The Kier molecular flexibility index (Phi) is 6.82. The third-order valence-corrected chi connectivity index (χ3v) is 4.54. The largest absolute Gasteiger partial charge is 0.462 e. The van der Waals surface area contributed by atoms with Crippen LogP contribution in [0.15, 0.2) is 16.6 Å². The van der Waals surface area contributed by atoms with Gasteiger partial charge in [-0.1, -0.05) is 0 Å². The van der Waals surface area contributed by atoms with Gasteiger partial charge in [0.05, 0.1) is 17.7 Å². The minimum absolute atomic E-state index is 0.0810. The quantitative estimate of drug-likeness (QED) is 0.342. The normalized spacial score (nSPS) is 10.7. The summed E-state index contributed by atoms with van der Waals surface area (Å²) in [5, 5.41) is 0. The lowest BCUT2D eigenvalue weighted by Gasteiger charge is -2.17. The summed E-state index contributed by atoms with van der Waals surface area (Å²) in [5.74, 6) is -7.37. The van der Waals surface area contributed by atoms with Crippen LogP contribution in [0.1, 0.15) is 40.1 Å². The number of esters is 2. The van der Waals surface area contributed by atoms with Gasteiger partial charge in [0, 0.05) is 11.1 Å². The highest BCUT2D eigenvalue weighted by Gasteiger charge is 2.33. The zero-order chi connectivity index (χ0) is 21.2. The summed E-state index contributed by atoms with van der Waals surface area (Å²) in [6, 6.07) is 1.39. The van der Waals surface area contributed by atoms with Gasteiger partial charge in [0.1, 0.15) is 28.6 Å². The molecule has 9 heteroatoms. The molecule has 2 aromatic carbocycles. The number of ether oxygens (including phenoxy) is 2. The zero-order valence-corrected chi connectivity index (χ0v) is 16.7. The minimum Gasteiger partial charge on any atom is -0.462 e. The maximum absolute atomic E-state index is 15.3. The van der Waals surface area contributed by atoms with Gasteiger partial charge in [-0.3, -0.25) is 0 Å². The van der Waals surface area contributed by atoms with Gasteiger partial charge in [-0.05, 0) is 54.4 Å². The highest BCUT2D eigenvalue weighted by atomic mass is 79.9. The van der Waals surface area contributed by atoms with E-state index in [1.54, 1.807) is 0 Å². The van der Waals surface area contributed by atoms with Gasteiger partial charge in [-0.25, -0.2) is 27.2 Å². The van der Waals surface area contributed by atoms with Crippen molar-refractivity contribution in [2.24, 2.45) is 0 Å². The second-order valence-corrected chi connectivity index (χ2v) is 6.38. The van der Waals surface area contributed by atoms with Crippen molar-refractivity contribution < 1.29 is 36.6 Å². The third-order valence-electron chi connectivity index (χ3n) is 3.80. The third kappa shape index (κ3) is 3.89. The summed E-state index contributed by atoms with van der Waals surface area (Å²) in [6.07, 6.45) is 0. The van der Waals surface area contributed by atoms with Gasteiger partial charge in [-0.15, -0.1) is 0 Å². The van der Waals surface area contributed by atoms with E-state index >= 15 is 4.39 Å². The Morgan fingerprint density at radius 3 is 1.96 bits per heavy atom. The van der Waals surface area contributed by atoms with E-state index in [2.05, 4.69) is 15.9 Å². The topological polar surface area (TPSA) is 52.6 Å². The Morgan fingerprint density at radius 2 is 1.43 bits per heavy atom. The molecule has 0 atom stereocenters. The van der Waals surface area contributed by atoms with E-state index in [0.717, 1.165) is 6.07 Å². The summed E-state index contributed by atoms with van der Waals surface area (Å²) >= 11 is 2.73. The number of aryl methyl sites for hydroxylation is 1. The van der Waals surface area contributed by atoms with E-state index in [4.69, 9.17) is 9.47 Å². The highest BCUT2D eigenvalue weighted by Crippen LogP contribution is 2.39. The maximum Gasteiger partial charge on any atom is 0.342 e. The number of rotatable bonds is 5. The molecule has 4 nitrogen and oxygen atoms in total. The Balaban J connectivity index is 2.97. The summed E-state index contributed by atoms with van der Waals surface area (Å²) in [7, 11) is 0. The van der Waals surface area contributed by atoms with Crippen LogP contribution in [0.3, 0.4) is 0 Å². The Hall–Kier alpha value is -2.42. The van der Waals surface area contributed by atoms with Crippen molar-refractivity contribution in [1.82, 2.24) is 0 Å². The number of hydrogen-bond acceptors (Lipinski definition) is 4. The molecule has 2 rings (SSSR count). The molecule has 0 aromatic heterocycles. The predicted molar refractivity (Wildman–Crippen MR) is 96.1 cm³/mol. The van der Waals surface area contributed by atoms with Crippen molar-refractivity contribution in [3.63, 3.8) is 0 Å². The highest BCUT2D eigenvalue weighted by molar-refractivity contribution is 9.10. The molecule has 150 valence electrons. The molecule has 0 aliphatic carbocycles. The Morgan fingerprint density at radius 1 is 0.893 bits per heavy atom. The van der Waals surface area contributed by atoms with Crippen LogP contribution in [-0.2, 0) is 9.47 Å². The van der Waals surface area contributed by atoms with E-state index in [9.17, 15) is 22.8 Å². The van der Waals surface area contributed by atoms with Gasteiger partial charge in [0.15, 0.2) is 5.82 Å². The first kappa shape index (κ1) is 21.9. The Bertz CT molecular complexity index is 960. The summed E-state index contributed by atoms with van der Waals surface area (Å²) < 4.78 is 67.4. The molecule has 0 heterocycles. The van der Waals surface area contributed by atoms with Crippen molar-refractivity contribution in [2.45, 2.75) is 20.8 Å². The molecule has 0 saturated heterocycles. The van der Waals surface area contributed by atoms with E-state index in [1.165, 1.54) is 20.8 Å². The lowest BCUT2D eigenvalue weighted by Crippen LogP contribution is -2.17. The average molecular weight is 463 g/mol. The molecule has 28 heavy (non-hydrogen) atoms. The van der Waals surface area contributed by atoms with Crippen LogP contribution >= 0.6 is 15.9 Å². The molecule has 0 spiro atoms. The van der Waals surface area contributed by atoms with Crippen LogP contribution in [0.25, 0.3) is 11.1 Å². The van der Waals surface area contributed by atoms with Crippen molar-refractivity contribution in [3.05, 3.63) is 56.6 Å². The van der Waals surface area contributed by atoms with Gasteiger partial charge in [0.2, 0.25) is 0 Å². The van der Waals surface area contributed by atoms with Gasteiger partial charge >= 0.3 is 11.9 Å². The molecule has 0 fully saturated rings. The first-order valence-corrected chi connectivity index (χ1v) is 8.95. The monoisotopic (exact) mass is 462 g/mol. The van der Waals surface area contributed by atoms with Crippen LogP contribution in [0.2, 0.25) is 0 Å². The van der Waals surface area contributed by atoms with E-state index in [-0.39, 0.29) is 18.8 Å². The van der Waals surface area contributed by atoms with E-state index in [1.807, 2.05) is 0 Å². The van der Waals surface area contributed by atoms with Crippen molar-refractivity contribution in [2.75, 3.05) is 13.2 Å². The second-order valence-electron chi connectivity index (χ2n) is 5.59.